The zero-order valence-corrected chi connectivity index (χ0v) is 8.72. The summed E-state index contributed by atoms with van der Waals surface area (Å²) in [5.41, 5.74) is -0.0990. The third-order valence-electron chi connectivity index (χ3n) is 1.68. The summed E-state index contributed by atoms with van der Waals surface area (Å²) in [6, 6.07) is 0.280. The fraction of sp³-hybridized carbons (Fsp3) is 0.889. The van der Waals surface area contributed by atoms with E-state index in [0.717, 1.165) is 6.42 Å². The Morgan fingerprint density at radius 3 is 2.25 bits per heavy atom. The van der Waals surface area contributed by atoms with Gasteiger partial charge in [-0.1, -0.05) is 27.7 Å². The van der Waals surface area contributed by atoms with Gasteiger partial charge in [-0.25, -0.2) is 0 Å². The van der Waals surface area contributed by atoms with E-state index in [1.165, 1.54) is 0 Å². The van der Waals surface area contributed by atoms with Crippen LogP contribution in [-0.2, 0) is 4.84 Å². The smallest absolute Gasteiger partial charge is 0.214 e. The molecule has 0 amide bonds. The van der Waals surface area contributed by atoms with Gasteiger partial charge in [-0.3, -0.25) is 4.99 Å². The van der Waals surface area contributed by atoms with E-state index in [2.05, 4.69) is 11.9 Å². The first-order chi connectivity index (χ1) is 5.41. The number of hydrogen-bond acceptors (Lipinski definition) is 3. The molecule has 1 unspecified atom stereocenters. The average molecular weight is 172 g/mol. The molecular formula is C9H20N2O. The minimum absolute atomic E-state index is 0.0990. The van der Waals surface area contributed by atoms with E-state index in [1.807, 2.05) is 27.7 Å². The number of nitrogens with zero attached hydrogens (tertiary/aromatic N) is 1. The molecule has 0 bridgehead atoms. The summed E-state index contributed by atoms with van der Waals surface area (Å²) in [7, 11) is 0. The highest BCUT2D eigenvalue weighted by Crippen LogP contribution is 2.17. The molecule has 0 radical (unpaired) electrons. The van der Waals surface area contributed by atoms with Crippen molar-refractivity contribution in [1.82, 2.24) is 0 Å². The van der Waals surface area contributed by atoms with Gasteiger partial charge in [-0.15, -0.1) is 0 Å². The van der Waals surface area contributed by atoms with Crippen LogP contribution in [0.3, 0.4) is 0 Å². The van der Waals surface area contributed by atoms with Crippen molar-refractivity contribution in [2.75, 3.05) is 0 Å². The van der Waals surface area contributed by atoms with E-state index in [4.69, 9.17) is 10.7 Å². The third-order valence-corrected chi connectivity index (χ3v) is 1.68. The molecule has 2 N–H and O–H groups in total. The van der Waals surface area contributed by atoms with Gasteiger partial charge in [0.05, 0.1) is 6.04 Å². The molecule has 0 spiro atoms. The lowest BCUT2D eigenvalue weighted by Crippen LogP contribution is -2.27. The monoisotopic (exact) mass is 172 g/mol. The number of hydrogen-bond donors (Lipinski definition) is 1. The van der Waals surface area contributed by atoms with Crippen molar-refractivity contribution < 1.29 is 4.84 Å². The van der Waals surface area contributed by atoms with Gasteiger partial charge in [0.2, 0.25) is 5.90 Å². The third kappa shape index (κ3) is 3.72. The Labute approximate surface area is 75.0 Å². The molecule has 3 nitrogen and oxygen atoms in total. The van der Waals surface area contributed by atoms with Crippen molar-refractivity contribution in [2.24, 2.45) is 16.3 Å². The Bertz CT molecular complexity index is 158. The lowest BCUT2D eigenvalue weighted by molar-refractivity contribution is 0.269. The first-order valence-corrected chi connectivity index (χ1v) is 4.36. The lowest BCUT2D eigenvalue weighted by Gasteiger charge is -2.19. The minimum atomic E-state index is -0.0990. The fourth-order valence-corrected chi connectivity index (χ4v) is 0.692. The molecule has 0 saturated heterocycles. The van der Waals surface area contributed by atoms with Crippen LogP contribution in [0.2, 0.25) is 0 Å². The Morgan fingerprint density at radius 1 is 1.50 bits per heavy atom. The molecular weight excluding hydrogens is 152 g/mol. The maximum Gasteiger partial charge on any atom is 0.214 e. The molecule has 0 aromatic heterocycles. The van der Waals surface area contributed by atoms with Gasteiger partial charge < -0.3 is 4.84 Å². The first kappa shape index (κ1) is 11.4. The van der Waals surface area contributed by atoms with Crippen LogP contribution < -0.4 is 5.90 Å². The van der Waals surface area contributed by atoms with Crippen LogP contribution in [0.5, 0.6) is 0 Å². The molecule has 0 rings (SSSR count). The summed E-state index contributed by atoms with van der Waals surface area (Å²) in [6.07, 6.45) is 1.00. The van der Waals surface area contributed by atoms with Crippen LogP contribution in [0.25, 0.3) is 0 Å². The highest BCUT2D eigenvalue weighted by Gasteiger charge is 2.21. The van der Waals surface area contributed by atoms with E-state index >= 15 is 0 Å². The second kappa shape index (κ2) is 4.45. The van der Waals surface area contributed by atoms with Crippen LogP contribution in [0, 0.1) is 5.41 Å². The van der Waals surface area contributed by atoms with E-state index in [1.54, 1.807) is 0 Å². The number of aliphatic imine (C=N–C) groups is 1. The molecule has 0 aliphatic carbocycles. The van der Waals surface area contributed by atoms with Crippen LogP contribution in [0.4, 0.5) is 0 Å². The van der Waals surface area contributed by atoms with Crippen molar-refractivity contribution in [3.05, 3.63) is 0 Å². The molecule has 3 heteroatoms. The summed E-state index contributed by atoms with van der Waals surface area (Å²) >= 11 is 0. The highest BCUT2D eigenvalue weighted by molar-refractivity contribution is 5.81. The zero-order chi connectivity index (χ0) is 9.78. The van der Waals surface area contributed by atoms with Crippen molar-refractivity contribution >= 4 is 5.90 Å². The molecule has 0 aromatic carbocycles. The molecule has 12 heavy (non-hydrogen) atoms. The molecule has 72 valence electrons. The van der Waals surface area contributed by atoms with Crippen molar-refractivity contribution in [3.8, 4) is 0 Å². The standard InChI is InChI=1S/C9H20N2O/c1-6-7(2)11-8(12-10)9(3,4)5/h7H,6,10H2,1-5H3. The molecule has 0 aliphatic rings. The topological polar surface area (TPSA) is 47.6 Å². The largest absolute Gasteiger partial charge is 0.396 e. The van der Waals surface area contributed by atoms with E-state index in [9.17, 15) is 0 Å². The quantitative estimate of drug-likeness (QED) is 0.394. The second-order valence-corrected chi connectivity index (χ2v) is 4.06. The summed E-state index contributed by atoms with van der Waals surface area (Å²) < 4.78 is 0. The Kier molecular flexibility index (Phi) is 4.24. The molecule has 1 atom stereocenters. The number of nitrogens with two attached hydrogens (primary N) is 1. The van der Waals surface area contributed by atoms with Gasteiger partial charge in [-0.05, 0) is 13.3 Å². The molecule has 0 fully saturated rings. The summed E-state index contributed by atoms with van der Waals surface area (Å²) in [6.45, 7) is 10.2. The maximum atomic E-state index is 5.13. The second-order valence-electron chi connectivity index (χ2n) is 4.06. The molecule has 0 saturated carbocycles. The summed E-state index contributed by atoms with van der Waals surface area (Å²) in [5.74, 6) is 5.75. The number of rotatable bonds is 2. The molecule has 0 heterocycles. The average Bonchev–Trinajstić information content (AvgIpc) is 1.97. The Morgan fingerprint density at radius 2 is 2.00 bits per heavy atom. The maximum absolute atomic E-state index is 5.13. The van der Waals surface area contributed by atoms with E-state index in [0.29, 0.717) is 5.90 Å². The van der Waals surface area contributed by atoms with Gasteiger partial charge in [0.1, 0.15) is 0 Å². The Balaban J connectivity index is 4.44. The van der Waals surface area contributed by atoms with Crippen LogP contribution in [0.15, 0.2) is 4.99 Å². The normalized spacial score (nSPS) is 16.0. The fourth-order valence-electron chi connectivity index (χ4n) is 0.692. The van der Waals surface area contributed by atoms with E-state index < -0.39 is 0 Å². The lowest BCUT2D eigenvalue weighted by atomic mass is 9.96. The first-order valence-electron chi connectivity index (χ1n) is 4.36. The predicted octanol–water partition coefficient (Wildman–Crippen LogP) is 2.12. The summed E-state index contributed by atoms with van der Waals surface area (Å²) in [4.78, 5) is 9.09. The van der Waals surface area contributed by atoms with Crippen molar-refractivity contribution in [2.45, 2.75) is 47.1 Å². The SMILES string of the molecule is CCC(C)N=C(ON)C(C)(C)C. The highest BCUT2D eigenvalue weighted by atomic mass is 16.6. The van der Waals surface area contributed by atoms with Gasteiger partial charge in [-0.2, -0.15) is 5.90 Å². The zero-order valence-electron chi connectivity index (χ0n) is 8.72. The van der Waals surface area contributed by atoms with Crippen LogP contribution in [0.1, 0.15) is 41.0 Å². The van der Waals surface area contributed by atoms with Crippen LogP contribution >= 0.6 is 0 Å². The molecule has 0 aromatic rings. The van der Waals surface area contributed by atoms with Gasteiger partial charge in [0.25, 0.3) is 0 Å². The van der Waals surface area contributed by atoms with E-state index in [-0.39, 0.29) is 11.5 Å². The molecule has 0 aliphatic heterocycles. The van der Waals surface area contributed by atoms with Gasteiger partial charge in [0.15, 0.2) is 0 Å². The van der Waals surface area contributed by atoms with Crippen molar-refractivity contribution in [1.29, 1.82) is 0 Å². The van der Waals surface area contributed by atoms with Gasteiger partial charge in [0, 0.05) is 5.41 Å². The van der Waals surface area contributed by atoms with Crippen LogP contribution in [-0.4, -0.2) is 11.9 Å². The Hall–Kier alpha value is -0.570. The minimum Gasteiger partial charge on any atom is -0.396 e. The van der Waals surface area contributed by atoms with Crippen molar-refractivity contribution in [3.63, 3.8) is 0 Å². The summed E-state index contributed by atoms with van der Waals surface area (Å²) in [5, 5.41) is 0. The van der Waals surface area contributed by atoms with Gasteiger partial charge >= 0.3 is 0 Å². The predicted molar refractivity (Wildman–Crippen MR) is 51.9 cm³/mol.